The van der Waals surface area contributed by atoms with E-state index in [1.165, 1.54) is 0 Å². The Labute approximate surface area is 158 Å². The Hall–Kier alpha value is -1.89. The predicted molar refractivity (Wildman–Crippen MR) is 99.0 cm³/mol. The Morgan fingerprint density at radius 3 is 2.81 bits per heavy atom. The molecule has 3 heterocycles. The van der Waals surface area contributed by atoms with Gasteiger partial charge in [0.2, 0.25) is 0 Å². The fourth-order valence-electron chi connectivity index (χ4n) is 3.96. The molecule has 138 valence electrons. The van der Waals surface area contributed by atoms with Crippen LogP contribution >= 0.6 is 11.6 Å². The van der Waals surface area contributed by atoms with E-state index >= 15 is 0 Å². The lowest BCUT2D eigenvalue weighted by molar-refractivity contribution is -0.151. The summed E-state index contributed by atoms with van der Waals surface area (Å²) < 4.78 is 7.77. The van der Waals surface area contributed by atoms with Gasteiger partial charge in [0.15, 0.2) is 0 Å². The van der Waals surface area contributed by atoms with Crippen molar-refractivity contribution in [2.24, 2.45) is 0 Å². The Kier molecular flexibility index (Phi) is 4.98. The van der Waals surface area contributed by atoms with Crippen LogP contribution < -0.4 is 5.32 Å². The van der Waals surface area contributed by atoms with E-state index in [9.17, 15) is 4.79 Å². The molecule has 1 unspecified atom stereocenters. The van der Waals surface area contributed by atoms with E-state index in [4.69, 9.17) is 16.3 Å². The Bertz CT molecular complexity index is 759. The zero-order valence-corrected chi connectivity index (χ0v) is 15.4. The number of aromatic nitrogens is 2. The molecule has 2 aliphatic heterocycles. The van der Waals surface area contributed by atoms with E-state index < -0.39 is 5.54 Å². The van der Waals surface area contributed by atoms with Gasteiger partial charge in [-0.2, -0.15) is 5.10 Å². The fourth-order valence-corrected chi connectivity index (χ4v) is 4.21. The van der Waals surface area contributed by atoms with Crippen molar-refractivity contribution >= 4 is 17.5 Å². The second-order valence-corrected chi connectivity index (χ2v) is 7.27. The Morgan fingerprint density at radius 1 is 1.27 bits per heavy atom. The number of benzene rings is 1. The highest BCUT2D eigenvalue weighted by Crippen LogP contribution is 2.33. The van der Waals surface area contributed by atoms with Gasteiger partial charge in [-0.15, -0.1) is 0 Å². The number of ether oxygens (including phenoxy) is 1. The van der Waals surface area contributed by atoms with Crippen LogP contribution in [0.4, 0.5) is 0 Å². The van der Waals surface area contributed by atoms with Crippen molar-refractivity contribution < 1.29 is 9.53 Å². The summed E-state index contributed by atoms with van der Waals surface area (Å²) in [5.74, 6) is 0.128. The topological polar surface area (TPSA) is 59.4 Å². The smallest absolute Gasteiger partial charge is 0.250 e. The van der Waals surface area contributed by atoms with Gasteiger partial charge in [0.1, 0.15) is 11.6 Å². The molecule has 2 saturated heterocycles. The van der Waals surface area contributed by atoms with Crippen LogP contribution in [0.1, 0.15) is 24.5 Å². The van der Waals surface area contributed by atoms with Gasteiger partial charge in [-0.1, -0.05) is 29.8 Å². The molecule has 2 aliphatic rings. The van der Waals surface area contributed by atoms with Crippen molar-refractivity contribution in [1.82, 2.24) is 20.0 Å². The molecule has 6 nitrogen and oxygen atoms in total. The monoisotopic (exact) mass is 374 g/mol. The summed E-state index contributed by atoms with van der Waals surface area (Å²) in [6.45, 7) is 3.23. The third-order valence-electron chi connectivity index (χ3n) is 5.38. The number of carbonyl (C=O) groups is 1. The summed E-state index contributed by atoms with van der Waals surface area (Å²) in [6.07, 6.45) is 4.92. The van der Waals surface area contributed by atoms with Crippen molar-refractivity contribution in [3.8, 4) is 0 Å². The molecular formula is C19H23ClN4O2. The number of rotatable bonds is 3. The molecule has 26 heavy (non-hydrogen) atoms. The van der Waals surface area contributed by atoms with Crippen molar-refractivity contribution in [3.05, 3.63) is 53.3 Å². The van der Waals surface area contributed by atoms with E-state index in [2.05, 4.69) is 10.4 Å². The number of carbonyl (C=O) groups excluding carboxylic acids is 1. The van der Waals surface area contributed by atoms with Crippen molar-refractivity contribution in [3.63, 3.8) is 0 Å². The molecule has 1 aromatic heterocycles. The predicted octanol–water partition coefficient (Wildman–Crippen LogP) is 2.22. The number of hydrogen-bond acceptors (Lipinski definition) is 4. The largest absolute Gasteiger partial charge is 0.370 e. The molecule has 7 heteroatoms. The van der Waals surface area contributed by atoms with E-state index in [1.807, 2.05) is 46.1 Å². The molecule has 1 N–H and O–H groups in total. The van der Waals surface area contributed by atoms with Gasteiger partial charge in [-0.05, 0) is 38.1 Å². The highest BCUT2D eigenvalue weighted by Gasteiger charge is 2.45. The Balaban J connectivity index is 1.59. The molecule has 0 aliphatic carbocycles. The third-order valence-corrected chi connectivity index (χ3v) is 5.72. The van der Waals surface area contributed by atoms with Crippen LogP contribution in [0.2, 0.25) is 5.02 Å². The van der Waals surface area contributed by atoms with Crippen LogP contribution in [-0.4, -0.2) is 53.4 Å². The van der Waals surface area contributed by atoms with Crippen molar-refractivity contribution in [1.29, 1.82) is 0 Å². The second-order valence-electron chi connectivity index (χ2n) is 6.86. The first-order valence-corrected chi connectivity index (χ1v) is 9.45. The van der Waals surface area contributed by atoms with Crippen molar-refractivity contribution in [2.75, 3.05) is 32.8 Å². The van der Waals surface area contributed by atoms with E-state index in [1.54, 1.807) is 6.20 Å². The molecule has 4 rings (SSSR count). The fraction of sp³-hybridized carbons (Fsp3) is 0.474. The number of hydrogen-bond donors (Lipinski definition) is 1. The summed E-state index contributed by atoms with van der Waals surface area (Å²) in [5.41, 5.74) is 0.321. The number of nitrogens with zero attached hydrogens (tertiary/aromatic N) is 3. The van der Waals surface area contributed by atoms with Crippen LogP contribution in [0.25, 0.3) is 0 Å². The summed E-state index contributed by atoms with van der Waals surface area (Å²) in [5, 5.41) is 8.43. The number of morpholine rings is 1. The molecule has 0 spiro atoms. The normalized spacial score (nSPS) is 23.0. The van der Waals surface area contributed by atoms with Crippen LogP contribution in [0.15, 0.2) is 42.7 Å². The SMILES string of the molecule is O=C(N1CCOC(c2ccccc2Cl)C1)C1(n2cccn2)CCNCC1. The Morgan fingerprint density at radius 2 is 2.08 bits per heavy atom. The van der Waals surface area contributed by atoms with E-state index in [-0.39, 0.29) is 12.0 Å². The number of halogens is 1. The lowest BCUT2D eigenvalue weighted by Crippen LogP contribution is -2.57. The average molecular weight is 375 g/mol. The van der Waals surface area contributed by atoms with E-state index in [0.717, 1.165) is 31.5 Å². The van der Waals surface area contributed by atoms with E-state index in [0.29, 0.717) is 24.7 Å². The van der Waals surface area contributed by atoms with Gasteiger partial charge in [-0.25, -0.2) is 0 Å². The second kappa shape index (κ2) is 7.39. The minimum Gasteiger partial charge on any atom is -0.370 e. The highest BCUT2D eigenvalue weighted by atomic mass is 35.5. The summed E-state index contributed by atoms with van der Waals surface area (Å²) in [4.78, 5) is 15.5. The molecule has 1 amide bonds. The first-order chi connectivity index (χ1) is 12.7. The molecule has 0 bridgehead atoms. The average Bonchev–Trinajstić information content (AvgIpc) is 3.24. The molecule has 2 aromatic rings. The van der Waals surface area contributed by atoms with Gasteiger partial charge < -0.3 is 15.0 Å². The maximum atomic E-state index is 13.6. The summed E-state index contributed by atoms with van der Waals surface area (Å²) >= 11 is 6.34. The zero-order valence-electron chi connectivity index (χ0n) is 14.6. The number of nitrogens with one attached hydrogen (secondary N) is 1. The number of piperidine rings is 1. The quantitative estimate of drug-likeness (QED) is 0.894. The number of amides is 1. The first kappa shape index (κ1) is 17.5. The molecular weight excluding hydrogens is 352 g/mol. The lowest BCUT2D eigenvalue weighted by atomic mass is 9.86. The lowest BCUT2D eigenvalue weighted by Gasteiger charge is -2.42. The van der Waals surface area contributed by atoms with Gasteiger partial charge in [0.05, 0.1) is 13.2 Å². The molecule has 1 atom stereocenters. The van der Waals surface area contributed by atoms with Crippen LogP contribution in [-0.2, 0) is 15.1 Å². The summed E-state index contributed by atoms with van der Waals surface area (Å²) in [6, 6.07) is 9.56. The molecule has 1 aromatic carbocycles. The maximum absolute atomic E-state index is 13.6. The zero-order chi connectivity index (χ0) is 18.0. The van der Waals surface area contributed by atoms with Crippen LogP contribution in [0, 0.1) is 0 Å². The van der Waals surface area contributed by atoms with Gasteiger partial charge in [-0.3, -0.25) is 9.48 Å². The molecule has 0 radical (unpaired) electrons. The minimum atomic E-state index is -0.614. The van der Waals surface area contributed by atoms with Crippen molar-refractivity contribution in [2.45, 2.75) is 24.5 Å². The molecule has 0 saturated carbocycles. The van der Waals surface area contributed by atoms with Gasteiger partial charge >= 0.3 is 0 Å². The maximum Gasteiger partial charge on any atom is 0.250 e. The third kappa shape index (κ3) is 3.13. The van der Waals surface area contributed by atoms with Crippen LogP contribution in [0.3, 0.4) is 0 Å². The standard InChI is InChI=1S/C19H23ClN4O2/c20-16-5-2-1-4-15(16)17-14-23(12-13-26-17)18(25)19(6-9-21-10-7-19)24-11-3-8-22-24/h1-5,8,11,17,21H,6-7,9-10,12-14H2. The first-order valence-electron chi connectivity index (χ1n) is 9.07. The van der Waals surface area contributed by atoms with Crippen LogP contribution in [0.5, 0.6) is 0 Å². The van der Waals surface area contributed by atoms with Gasteiger partial charge in [0.25, 0.3) is 5.91 Å². The van der Waals surface area contributed by atoms with Gasteiger partial charge in [0, 0.05) is 29.5 Å². The molecule has 2 fully saturated rings. The minimum absolute atomic E-state index is 0.128. The highest BCUT2D eigenvalue weighted by molar-refractivity contribution is 6.31. The summed E-state index contributed by atoms with van der Waals surface area (Å²) in [7, 11) is 0.